The lowest BCUT2D eigenvalue weighted by molar-refractivity contribution is 0.102. The molecule has 3 heterocycles. The van der Waals surface area contributed by atoms with Crippen molar-refractivity contribution in [2.24, 2.45) is 0 Å². The molecule has 1 amide bonds. The summed E-state index contributed by atoms with van der Waals surface area (Å²) in [5, 5.41) is 7.03. The zero-order valence-electron chi connectivity index (χ0n) is 17.4. The number of hydrogen-bond donors (Lipinski definition) is 1. The summed E-state index contributed by atoms with van der Waals surface area (Å²) in [6, 6.07) is 9.02. The number of nitrogens with zero attached hydrogens (tertiary/aromatic N) is 3. The Morgan fingerprint density at radius 1 is 1.17 bits per heavy atom. The molecule has 7 nitrogen and oxygen atoms in total. The van der Waals surface area contributed by atoms with Gasteiger partial charge in [0.25, 0.3) is 5.91 Å². The summed E-state index contributed by atoms with van der Waals surface area (Å²) in [7, 11) is 0. The van der Waals surface area contributed by atoms with Crippen LogP contribution in [0.15, 0.2) is 47.2 Å². The molecule has 0 atom stereocenters. The van der Waals surface area contributed by atoms with Crippen molar-refractivity contribution in [3.05, 3.63) is 59.7 Å². The first-order valence-corrected chi connectivity index (χ1v) is 10.3. The molecule has 4 rings (SSSR count). The lowest BCUT2D eigenvalue weighted by atomic mass is 10.0. The minimum absolute atomic E-state index is 0.190. The second-order valence-electron chi connectivity index (χ2n) is 7.50. The molecule has 1 aliphatic rings. The Hall–Kier alpha value is -3.19. The molecule has 1 saturated heterocycles. The van der Waals surface area contributed by atoms with E-state index in [1.807, 2.05) is 32.0 Å². The van der Waals surface area contributed by atoms with Crippen LogP contribution in [-0.2, 0) is 0 Å². The van der Waals surface area contributed by atoms with Gasteiger partial charge in [-0.15, -0.1) is 0 Å². The van der Waals surface area contributed by atoms with Gasteiger partial charge in [-0.2, -0.15) is 0 Å². The molecule has 2 aromatic heterocycles. The SMILES string of the molecule is Cc1noc(C)c1-c1cc(NC(=O)c2ccncc2)ccc1OCCN1CCCC1. The van der Waals surface area contributed by atoms with Gasteiger partial charge in [-0.05, 0) is 70.1 Å². The van der Waals surface area contributed by atoms with Crippen molar-refractivity contribution in [1.82, 2.24) is 15.0 Å². The molecule has 1 fully saturated rings. The molecule has 7 heteroatoms. The normalized spacial score (nSPS) is 14.1. The maximum atomic E-state index is 12.5. The van der Waals surface area contributed by atoms with Crippen LogP contribution in [0.3, 0.4) is 0 Å². The van der Waals surface area contributed by atoms with Gasteiger partial charge >= 0.3 is 0 Å². The Kier molecular flexibility index (Phi) is 6.09. The van der Waals surface area contributed by atoms with Crippen molar-refractivity contribution in [1.29, 1.82) is 0 Å². The van der Waals surface area contributed by atoms with Gasteiger partial charge in [0.15, 0.2) is 0 Å². The first kappa shape index (κ1) is 20.1. The molecule has 0 unspecified atom stereocenters. The number of carbonyl (C=O) groups excluding carboxylic acids is 1. The highest BCUT2D eigenvalue weighted by Crippen LogP contribution is 2.36. The number of pyridine rings is 1. The van der Waals surface area contributed by atoms with Gasteiger partial charge in [-0.25, -0.2) is 0 Å². The average molecular weight is 406 g/mol. The van der Waals surface area contributed by atoms with Crippen LogP contribution < -0.4 is 10.1 Å². The molecule has 30 heavy (non-hydrogen) atoms. The number of likely N-dealkylation sites (tertiary alicyclic amines) is 1. The van der Waals surface area contributed by atoms with Crippen LogP contribution >= 0.6 is 0 Å². The maximum absolute atomic E-state index is 12.5. The van der Waals surface area contributed by atoms with Crippen molar-refractivity contribution < 1.29 is 14.1 Å². The molecule has 0 aliphatic carbocycles. The Labute approximate surface area is 176 Å². The van der Waals surface area contributed by atoms with Gasteiger partial charge in [-0.1, -0.05) is 5.16 Å². The molecule has 1 N–H and O–H groups in total. The number of rotatable bonds is 7. The predicted molar refractivity (Wildman–Crippen MR) is 115 cm³/mol. The van der Waals surface area contributed by atoms with E-state index >= 15 is 0 Å². The van der Waals surface area contributed by atoms with Gasteiger partial charge in [0.05, 0.1) is 11.3 Å². The standard InChI is InChI=1S/C23H26N4O3/c1-16-22(17(2)30-26-16)20-15-19(25-23(28)18-7-9-24-10-8-18)5-6-21(20)29-14-13-27-11-3-4-12-27/h5-10,15H,3-4,11-14H2,1-2H3,(H,25,28). The molecule has 1 aromatic carbocycles. The molecule has 1 aliphatic heterocycles. The number of carbonyl (C=O) groups is 1. The van der Waals surface area contributed by atoms with Crippen LogP contribution in [0.25, 0.3) is 11.1 Å². The minimum Gasteiger partial charge on any atom is -0.492 e. The average Bonchev–Trinajstić information content (AvgIpc) is 3.39. The number of anilines is 1. The summed E-state index contributed by atoms with van der Waals surface area (Å²) in [4.78, 5) is 18.9. The van der Waals surface area contributed by atoms with Crippen molar-refractivity contribution in [2.75, 3.05) is 31.6 Å². The molecule has 0 radical (unpaired) electrons. The van der Waals surface area contributed by atoms with Crippen molar-refractivity contribution in [2.45, 2.75) is 26.7 Å². The highest BCUT2D eigenvalue weighted by Gasteiger charge is 2.18. The largest absolute Gasteiger partial charge is 0.492 e. The van der Waals surface area contributed by atoms with Crippen LogP contribution in [0.1, 0.15) is 34.7 Å². The van der Waals surface area contributed by atoms with Gasteiger partial charge in [0, 0.05) is 35.8 Å². The molecule has 0 saturated carbocycles. The maximum Gasteiger partial charge on any atom is 0.255 e. The van der Waals surface area contributed by atoms with E-state index in [2.05, 4.69) is 20.4 Å². The van der Waals surface area contributed by atoms with Crippen molar-refractivity contribution in [3.63, 3.8) is 0 Å². The number of nitrogens with one attached hydrogen (secondary N) is 1. The summed E-state index contributed by atoms with van der Waals surface area (Å²) in [5.74, 6) is 1.28. The van der Waals surface area contributed by atoms with Crippen molar-refractivity contribution >= 4 is 11.6 Å². The minimum atomic E-state index is -0.190. The molecule has 0 spiro atoms. The van der Waals surface area contributed by atoms with Gasteiger partial charge in [0.1, 0.15) is 18.1 Å². The van der Waals surface area contributed by atoms with E-state index < -0.39 is 0 Å². The number of hydrogen-bond acceptors (Lipinski definition) is 6. The molecule has 3 aromatic rings. The molecule has 156 valence electrons. The zero-order chi connectivity index (χ0) is 20.9. The third kappa shape index (κ3) is 4.52. The number of aryl methyl sites for hydroxylation is 2. The third-order valence-electron chi connectivity index (χ3n) is 5.35. The van der Waals surface area contributed by atoms with Crippen LogP contribution in [0.5, 0.6) is 5.75 Å². The summed E-state index contributed by atoms with van der Waals surface area (Å²) in [6.07, 6.45) is 5.72. The topological polar surface area (TPSA) is 80.5 Å². The molecular weight excluding hydrogens is 380 g/mol. The number of ether oxygens (including phenoxy) is 1. The Bertz CT molecular complexity index is 991. The van der Waals surface area contributed by atoms with E-state index in [0.717, 1.165) is 48.0 Å². The smallest absolute Gasteiger partial charge is 0.255 e. The van der Waals surface area contributed by atoms with E-state index in [4.69, 9.17) is 9.26 Å². The van der Waals surface area contributed by atoms with Crippen LogP contribution in [-0.4, -0.2) is 47.2 Å². The van der Waals surface area contributed by atoms with Crippen LogP contribution in [0, 0.1) is 13.8 Å². The Morgan fingerprint density at radius 3 is 2.63 bits per heavy atom. The van der Waals surface area contributed by atoms with Gasteiger partial charge in [-0.3, -0.25) is 14.7 Å². The van der Waals surface area contributed by atoms with E-state index in [9.17, 15) is 4.79 Å². The summed E-state index contributed by atoms with van der Waals surface area (Å²) >= 11 is 0. The van der Waals surface area contributed by atoms with E-state index in [0.29, 0.717) is 17.9 Å². The quantitative estimate of drug-likeness (QED) is 0.637. The first-order valence-electron chi connectivity index (χ1n) is 10.3. The highest BCUT2D eigenvalue weighted by molar-refractivity contribution is 6.04. The van der Waals surface area contributed by atoms with Gasteiger partial charge < -0.3 is 14.6 Å². The third-order valence-corrected chi connectivity index (χ3v) is 5.35. The van der Waals surface area contributed by atoms with E-state index in [-0.39, 0.29) is 5.91 Å². The number of aromatic nitrogens is 2. The van der Waals surface area contributed by atoms with Crippen molar-refractivity contribution in [3.8, 4) is 16.9 Å². The monoisotopic (exact) mass is 406 g/mol. The summed E-state index contributed by atoms with van der Waals surface area (Å²) < 4.78 is 11.5. The second-order valence-corrected chi connectivity index (χ2v) is 7.50. The van der Waals surface area contributed by atoms with Crippen LogP contribution in [0.4, 0.5) is 5.69 Å². The first-order chi connectivity index (χ1) is 14.6. The highest BCUT2D eigenvalue weighted by atomic mass is 16.5. The Morgan fingerprint density at radius 2 is 1.93 bits per heavy atom. The number of benzene rings is 1. The molecule has 0 bridgehead atoms. The number of amides is 1. The lowest BCUT2D eigenvalue weighted by Gasteiger charge is -2.17. The fourth-order valence-corrected chi connectivity index (χ4v) is 3.79. The Balaban J connectivity index is 1.57. The fraction of sp³-hybridized carbons (Fsp3) is 0.348. The summed E-state index contributed by atoms with van der Waals surface area (Å²) in [6.45, 7) is 7.58. The van der Waals surface area contributed by atoms with Gasteiger partial charge in [0.2, 0.25) is 0 Å². The fourth-order valence-electron chi connectivity index (χ4n) is 3.79. The second kappa shape index (κ2) is 9.09. The lowest BCUT2D eigenvalue weighted by Crippen LogP contribution is -2.25. The van der Waals surface area contributed by atoms with Crippen LogP contribution in [0.2, 0.25) is 0 Å². The zero-order valence-corrected chi connectivity index (χ0v) is 17.4. The van der Waals surface area contributed by atoms with E-state index in [1.165, 1.54) is 12.8 Å². The molecular formula is C23H26N4O3. The summed E-state index contributed by atoms with van der Waals surface area (Å²) in [5.41, 5.74) is 3.77. The predicted octanol–water partition coefficient (Wildman–Crippen LogP) is 4.08. The van der Waals surface area contributed by atoms with E-state index in [1.54, 1.807) is 24.5 Å².